The predicted octanol–water partition coefficient (Wildman–Crippen LogP) is 7.74. The number of nitrogens with zero attached hydrogens (tertiary/aromatic N) is 2. The maximum Gasteiger partial charge on any atom is 0.315 e. The van der Waals surface area contributed by atoms with Gasteiger partial charge >= 0.3 is 6.43 Å². The molecule has 37 heavy (non-hydrogen) atoms. The molecule has 206 valence electrons. The van der Waals surface area contributed by atoms with Gasteiger partial charge in [-0.3, -0.25) is 4.79 Å². The number of rotatable bonds is 10. The molecule has 2 aromatic rings. The van der Waals surface area contributed by atoms with E-state index in [0.29, 0.717) is 28.8 Å². The number of benzene rings is 1. The predicted molar refractivity (Wildman–Crippen MR) is 144 cm³/mol. The van der Waals surface area contributed by atoms with Crippen LogP contribution in [0.4, 0.5) is 13.2 Å². The fourth-order valence-electron chi connectivity index (χ4n) is 5.99. The molecule has 1 amide bonds. The van der Waals surface area contributed by atoms with Crippen LogP contribution in [0.25, 0.3) is 10.4 Å². The van der Waals surface area contributed by atoms with Crippen LogP contribution in [0.2, 0.25) is 16.6 Å². The van der Waals surface area contributed by atoms with Gasteiger partial charge in [0.15, 0.2) is 0 Å². The quantitative estimate of drug-likeness (QED) is 0.281. The van der Waals surface area contributed by atoms with Crippen molar-refractivity contribution in [1.82, 2.24) is 9.88 Å². The monoisotopic (exact) mass is 556 g/mol. The van der Waals surface area contributed by atoms with Crippen LogP contribution in [0.3, 0.4) is 0 Å². The smallest absolute Gasteiger partial charge is 0.315 e. The lowest BCUT2D eigenvalue weighted by molar-refractivity contribution is -0.159. The number of aromatic nitrogens is 1. The first-order valence-corrected chi connectivity index (χ1v) is 15.8. The van der Waals surface area contributed by atoms with E-state index in [1.54, 1.807) is 23.5 Å². The van der Waals surface area contributed by atoms with Crippen molar-refractivity contribution in [2.75, 3.05) is 6.67 Å². The number of thiazole rings is 1. The van der Waals surface area contributed by atoms with Crippen LogP contribution in [-0.4, -0.2) is 49.0 Å². The van der Waals surface area contributed by atoms with Crippen LogP contribution in [0.15, 0.2) is 30.5 Å². The minimum absolute atomic E-state index is 0.487. The Hall–Kier alpha value is -1.75. The fourth-order valence-corrected chi connectivity index (χ4v) is 12.3. The van der Waals surface area contributed by atoms with Crippen molar-refractivity contribution in [3.8, 4) is 10.4 Å². The second kappa shape index (κ2) is 11.6. The Labute approximate surface area is 223 Å². The van der Waals surface area contributed by atoms with E-state index in [0.717, 1.165) is 20.3 Å². The number of carbonyl (C=O) groups is 1. The van der Waals surface area contributed by atoms with E-state index in [-0.39, 0.29) is 0 Å². The molecule has 0 N–H and O–H groups in total. The van der Waals surface area contributed by atoms with Crippen molar-refractivity contribution in [3.05, 3.63) is 41.0 Å². The Morgan fingerprint density at radius 1 is 1.11 bits per heavy atom. The maximum atomic E-state index is 14.0. The van der Waals surface area contributed by atoms with Crippen molar-refractivity contribution in [2.24, 2.45) is 0 Å². The molecule has 0 bridgehead atoms. The molecule has 0 aliphatic carbocycles. The summed E-state index contributed by atoms with van der Waals surface area (Å²) in [6, 6.07) is 6.22. The van der Waals surface area contributed by atoms with E-state index in [1.807, 2.05) is 18.3 Å². The van der Waals surface area contributed by atoms with Gasteiger partial charge in [-0.25, -0.2) is 9.37 Å². The van der Waals surface area contributed by atoms with Gasteiger partial charge in [-0.2, -0.15) is 8.78 Å². The Balaban J connectivity index is 1.77. The van der Waals surface area contributed by atoms with Crippen LogP contribution in [0, 0.1) is 0 Å². The second-order valence-corrected chi connectivity index (χ2v) is 17.6. The lowest BCUT2D eigenvalue weighted by Crippen LogP contribution is -2.51. The molecular weight excluding hydrogens is 517 g/mol. The summed E-state index contributed by atoms with van der Waals surface area (Å²) in [5.41, 5.74) is 1.67. The van der Waals surface area contributed by atoms with E-state index in [2.05, 4.69) is 46.5 Å². The van der Waals surface area contributed by atoms with Crippen LogP contribution < -0.4 is 0 Å². The zero-order chi connectivity index (χ0) is 27.7. The lowest BCUT2D eigenvalue weighted by atomic mass is 10.0. The molecule has 2 atom stereocenters. The number of hydrogen-bond acceptors (Lipinski definition) is 5. The average Bonchev–Trinajstić information content (AvgIpc) is 3.39. The molecule has 1 aromatic carbocycles. The van der Waals surface area contributed by atoms with Crippen LogP contribution in [0.5, 0.6) is 0 Å². The summed E-state index contributed by atoms with van der Waals surface area (Å²) in [5.74, 6) is -1.43. The summed E-state index contributed by atoms with van der Waals surface area (Å²) in [5, 5.41) is 0.914. The maximum absolute atomic E-state index is 14.0. The molecule has 1 fully saturated rings. The Bertz CT molecular complexity index is 1040. The average molecular weight is 557 g/mol. The summed E-state index contributed by atoms with van der Waals surface area (Å²) in [4.78, 5) is 18.5. The summed E-state index contributed by atoms with van der Waals surface area (Å²) in [6.07, 6.45) is -2.25. The lowest BCUT2D eigenvalue weighted by Gasteiger charge is -2.41. The molecule has 10 heteroatoms. The van der Waals surface area contributed by atoms with Crippen LogP contribution in [-0.2, 0) is 20.6 Å². The van der Waals surface area contributed by atoms with Crippen molar-refractivity contribution in [2.45, 2.75) is 103 Å². The highest BCUT2D eigenvalue weighted by Gasteiger charge is 2.52. The zero-order valence-electron chi connectivity index (χ0n) is 22.9. The van der Waals surface area contributed by atoms with E-state index >= 15 is 0 Å². The van der Waals surface area contributed by atoms with Crippen molar-refractivity contribution < 1.29 is 27.1 Å². The third-order valence-corrected chi connectivity index (χ3v) is 14.6. The van der Waals surface area contributed by atoms with E-state index in [9.17, 15) is 18.0 Å². The van der Waals surface area contributed by atoms with Gasteiger partial charge in [0.25, 0.3) is 5.91 Å². The topological polar surface area (TPSA) is 51.7 Å². The minimum Gasteiger partial charge on any atom is -0.409 e. The second-order valence-electron chi connectivity index (χ2n) is 11.1. The third-order valence-electron chi connectivity index (χ3n) is 7.49. The van der Waals surface area contributed by atoms with Crippen molar-refractivity contribution >= 4 is 25.6 Å². The summed E-state index contributed by atoms with van der Waals surface area (Å²) >= 11 is 1.57. The SMILES string of the molecule is CC(C)[Si](OCc1ncc(-c2ccc([C@H]3OC(C)(C)N(C(=O)C(F)F)[C@@H]3CF)cc2)s1)(C(C)C)C(C)C. The van der Waals surface area contributed by atoms with Gasteiger partial charge in [-0.1, -0.05) is 65.8 Å². The van der Waals surface area contributed by atoms with Crippen LogP contribution >= 0.6 is 11.3 Å². The normalized spacial score (nSPS) is 20.1. The largest absolute Gasteiger partial charge is 0.409 e. The van der Waals surface area contributed by atoms with Gasteiger partial charge in [0.1, 0.15) is 23.5 Å². The molecule has 1 saturated heterocycles. The molecule has 5 nitrogen and oxygen atoms in total. The zero-order valence-corrected chi connectivity index (χ0v) is 24.7. The Kier molecular flexibility index (Phi) is 9.30. The molecule has 0 radical (unpaired) electrons. The number of alkyl halides is 3. The first kappa shape index (κ1) is 29.8. The standard InChI is InChI=1S/C27H39F3N2O3SSi/c1-16(2)37(17(3)4,18(5)6)34-15-23-31-14-22(36-23)19-9-11-20(12-10-19)24-21(13-28)32(26(33)25(29)30)27(7,8)35-24/h9-12,14,16-18,21,24-25H,13,15H2,1-8H3/t21-,24-/m1/s1. The summed E-state index contributed by atoms with van der Waals surface area (Å²) in [7, 11) is -2.00. The first-order valence-electron chi connectivity index (χ1n) is 12.8. The van der Waals surface area contributed by atoms with Crippen molar-refractivity contribution in [3.63, 3.8) is 0 Å². The van der Waals surface area contributed by atoms with Gasteiger partial charge in [0.05, 0.1) is 17.5 Å². The summed E-state index contributed by atoms with van der Waals surface area (Å²) < 4.78 is 52.9. The Morgan fingerprint density at radius 3 is 2.16 bits per heavy atom. The minimum atomic E-state index is -3.23. The molecule has 2 heterocycles. The highest BCUT2D eigenvalue weighted by Crippen LogP contribution is 2.44. The number of halogens is 3. The van der Waals surface area contributed by atoms with E-state index < -0.39 is 45.2 Å². The molecule has 3 rings (SSSR count). The number of hydrogen-bond donors (Lipinski definition) is 0. The highest BCUT2D eigenvalue weighted by molar-refractivity contribution is 7.15. The van der Waals surface area contributed by atoms with Crippen LogP contribution in [0.1, 0.15) is 72.1 Å². The van der Waals surface area contributed by atoms with Gasteiger partial charge in [-0.15, -0.1) is 11.3 Å². The van der Waals surface area contributed by atoms with Gasteiger partial charge in [-0.05, 0) is 41.6 Å². The fraction of sp³-hybridized carbons (Fsp3) is 0.630. The number of amides is 1. The molecule has 0 spiro atoms. The van der Waals surface area contributed by atoms with Gasteiger partial charge < -0.3 is 14.1 Å². The molecule has 1 aliphatic rings. The van der Waals surface area contributed by atoms with E-state index in [4.69, 9.17) is 9.16 Å². The van der Waals surface area contributed by atoms with Gasteiger partial charge in [0.2, 0.25) is 8.32 Å². The first-order chi connectivity index (χ1) is 17.3. The van der Waals surface area contributed by atoms with Gasteiger partial charge in [0, 0.05) is 6.20 Å². The van der Waals surface area contributed by atoms with E-state index in [1.165, 1.54) is 13.8 Å². The third kappa shape index (κ3) is 5.82. The Morgan fingerprint density at radius 2 is 1.68 bits per heavy atom. The summed E-state index contributed by atoms with van der Waals surface area (Å²) in [6.45, 7) is 16.0. The number of carbonyl (C=O) groups excluding carboxylic acids is 1. The molecule has 0 saturated carbocycles. The highest BCUT2D eigenvalue weighted by atomic mass is 32.1. The molecule has 0 unspecified atom stereocenters. The molecular formula is C27H39F3N2O3SSi. The van der Waals surface area contributed by atoms with Crippen molar-refractivity contribution in [1.29, 1.82) is 0 Å². The number of ether oxygens (including phenoxy) is 1. The molecule has 1 aromatic heterocycles. The molecule has 1 aliphatic heterocycles.